The van der Waals surface area contributed by atoms with E-state index in [-0.39, 0.29) is 19.1 Å². The molecule has 4 nitrogen and oxygen atoms in total. The molecule has 0 saturated heterocycles. The van der Waals surface area contributed by atoms with Crippen LogP contribution in [-0.2, 0) is 16.0 Å². The Morgan fingerprint density at radius 3 is 2.17 bits per heavy atom. The van der Waals surface area contributed by atoms with Crippen LogP contribution in [-0.4, -0.2) is 30.5 Å². The van der Waals surface area contributed by atoms with Crippen LogP contribution in [0, 0.1) is 0 Å². The predicted molar refractivity (Wildman–Crippen MR) is 128 cm³/mol. The van der Waals surface area contributed by atoms with Gasteiger partial charge in [-0.3, -0.25) is 0 Å². The van der Waals surface area contributed by atoms with Gasteiger partial charge in [-0.15, -0.1) is 0 Å². The van der Waals surface area contributed by atoms with Gasteiger partial charge in [0.15, 0.2) is 0 Å². The fourth-order valence-corrected chi connectivity index (χ4v) is 3.44. The van der Waals surface area contributed by atoms with E-state index < -0.39 is 18.6 Å². The average Bonchev–Trinajstić information content (AvgIpc) is 2.84. The predicted octanol–water partition coefficient (Wildman–Crippen LogP) is 6.85. The zero-order valence-electron chi connectivity index (χ0n) is 19.1. The molecule has 0 radical (unpaired) electrons. The van der Waals surface area contributed by atoms with E-state index >= 15 is 0 Å². The number of halogens is 3. The van der Waals surface area contributed by atoms with Crippen molar-refractivity contribution in [2.75, 3.05) is 13.2 Å². The summed E-state index contributed by atoms with van der Waals surface area (Å²) in [5.41, 5.74) is 3.69. The molecule has 7 heteroatoms. The van der Waals surface area contributed by atoms with Gasteiger partial charge in [-0.25, -0.2) is 4.79 Å². The van der Waals surface area contributed by atoms with Crippen molar-refractivity contribution in [2.24, 2.45) is 0 Å². The van der Waals surface area contributed by atoms with E-state index in [1.54, 1.807) is 24.3 Å². The van der Waals surface area contributed by atoms with Crippen molar-refractivity contribution in [1.29, 1.82) is 0 Å². The molecule has 1 N–H and O–H groups in total. The van der Waals surface area contributed by atoms with Crippen molar-refractivity contribution >= 4 is 12.0 Å². The van der Waals surface area contributed by atoms with Crippen molar-refractivity contribution in [3.05, 3.63) is 107 Å². The van der Waals surface area contributed by atoms with Gasteiger partial charge in [0, 0.05) is 19.1 Å². The van der Waals surface area contributed by atoms with Crippen LogP contribution in [0.25, 0.3) is 6.08 Å². The summed E-state index contributed by atoms with van der Waals surface area (Å²) < 4.78 is 48.2. The number of rotatable bonds is 12. The first-order valence-electron chi connectivity index (χ1n) is 11.3. The number of ether oxygens (including phenoxy) is 2. The van der Waals surface area contributed by atoms with Crippen LogP contribution in [0.15, 0.2) is 84.9 Å². The highest BCUT2D eigenvalue weighted by molar-refractivity contribution is 5.85. The minimum atomic E-state index is -4.14. The third-order valence-corrected chi connectivity index (χ3v) is 5.22. The minimum absolute atomic E-state index is 0.0324. The zero-order chi connectivity index (χ0) is 25.1. The van der Waals surface area contributed by atoms with Gasteiger partial charge in [0.05, 0.1) is 6.61 Å². The van der Waals surface area contributed by atoms with Crippen LogP contribution < -0.4 is 4.74 Å². The standard InChI is InChI=1S/C28H27F3O4/c29-28(30,31)18-4-19-34-20-17-22-7-12-24(13-8-22)27(23-5-2-1-3-6-23)35-25-14-9-21(10-15-25)11-16-26(32)33/h1-3,5-16,27H,4,17-20H2,(H,32,33)/b16-11+. The normalized spacial score (nSPS) is 12.5. The maximum Gasteiger partial charge on any atom is 0.389 e. The van der Waals surface area contributed by atoms with Gasteiger partial charge in [0.2, 0.25) is 0 Å². The molecule has 3 rings (SSSR count). The lowest BCUT2D eigenvalue weighted by atomic mass is 9.99. The smallest absolute Gasteiger partial charge is 0.389 e. The third kappa shape index (κ3) is 9.29. The van der Waals surface area contributed by atoms with Gasteiger partial charge < -0.3 is 14.6 Å². The molecule has 3 aromatic carbocycles. The number of carboxylic acids is 1. The second-order valence-corrected chi connectivity index (χ2v) is 7.97. The molecule has 184 valence electrons. The number of carbonyl (C=O) groups is 1. The van der Waals surface area contributed by atoms with E-state index in [1.165, 1.54) is 6.08 Å². The van der Waals surface area contributed by atoms with Crippen LogP contribution in [0.5, 0.6) is 5.75 Å². The second-order valence-electron chi connectivity index (χ2n) is 7.97. The van der Waals surface area contributed by atoms with Crippen LogP contribution in [0.2, 0.25) is 0 Å². The van der Waals surface area contributed by atoms with Crippen molar-refractivity contribution in [1.82, 2.24) is 0 Å². The van der Waals surface area contributed by atoms with Gasteiger partial charge in [-0.1, -0.05) is 66.7 Å². The molecule has 0 spiro atoms. The van der Waals surface area contributed by atoms with E-state index in [0.29, 0.717) is 18.8 Å². The van der Waals surface area contributed by atoms with Crippen LogP contribution in [0.4, 0.5) is 13.2 Å². The summed E-state index contributed by atoms with van der Waals surface area (Å²) >= 11 is 0. The molecule has 0 saturated carbocycles. The second kappa shape index (κ2) is 12.8. The number of alkyl halides is 3. The first-order valence-corrected chi connectivity index (χ1v) is 11.3. The highest BCUT2D eigenvalue weighted by atomic mass is 19.4. The molecular formula is C28H27F3O4. The minimum Gasteiger partial charge on any atom is -0.481 e. The Hall–Kier alpha value is -3.58. The molecule has 0 aliphatic carbocycles. The Morgan fingerprint density at radius 2 is 1.54 bits per heavy atom. The highest BCUT2D eigenvalue weighted by Crippen LogP contribution is 2.29. The number of aliphatic carboxylic acids is 1. The number of benzene rings is 3. The maximum atomic E-state index is 12.2. The van der Waals surface area contributed by atoms with E-state index in [0.717, 1.165) is 28.3 Å². The summed E-state index contributed by atoms with van der Waals surface area (Å²) in [7, 11) is 0. The number of hydrogen-bond acceptors (Lipinski definition) is 3. The van der Waals surface area contributed by atoms with Crippen LogP contribution >= 0.6 is 0 Å². The van der Waals surface area contributed by atoms with Crippen molar-refractivity contribution in [2.45, 2.75) is 31.5 Å². The molecule has 0 fully saturated rings. The first-order chi connectivity index (χ1) is 16.8. The van der Waals surface area contributed by atoms with Gasteiger partial charge >= 0.3 is 12.1 Å². The SMILES string of the molecule is O=C(O)/C=C/c1ccc(OC(c2ccccc2)c2ccc(CCOCCCC(F)(F)F)cc2)cc1. The largest absolute Gasteiger partial charge is 0.481 e. The van der Waals surface area contributed by atoms with Crippen molar-refractivity contribution in [3.8, 4) is 5.75 Å². The summed E-state index contributed by atoms with van der Waals surface area (Å²) in [4.78, 5) is 10.7. The lowest BCUT2D eigenvalue weighted by Gasteiger charge is -2.21. The van der Waals surface area contributed by atoms with Gasteiger partial charge in [0.25, 0.3) is 0 Å². The third-order valence-electron chi connectivity index (χ3n) is 5.22. The maximum absolute atomic E-state index is 12.2. The quantitative estimate of drug-likeness (QED) is 0.226. The molecule has 0 aromatic heterocycles. The Bertz CT molecular complexity index is 1080. The molecule has 0 heterocycles. The lowest BCUT2D eigenvalue weighted by molar-refractivity contribution is -0.138. The molecule has 0 bridgehead atoms. The Kier molecular flexibility index (Phi) is 9.49. The molecule has 0 aliphatic rings. The van der Waals surface area contributed by atoms with E-state index in [4.69, 9.17) is 14.6 Å². The van der Waals surface area contributed by atoms with E-state index in [1.807, 2.05) is 54.6 Å². The molecule has 1 unspecified atom stereocenters. The van der Waals surface area contributed by atoms with Crippen LogP contribution in [0.1, 0.15) is 41.2 Å². The fourth-order valence-electron chi connectivity index (χ4n) is 3.44. The molecule has 0 aliphatic heterocycles. The average molecular weight is 485 g/mol. The van der Waals surface area contributed by atoms with Gasteiger partial charge in [-0.2, -0.15) is 13.2 Å². The summed E-state index contributed by atoms with van der Waals surface area (Å²) in [6, 6.07) is 24.8. The Balaban J connectivity index is 1.63. The monoisotopic (exact) mass is 484 g/mol. The molecule has 3 aromatic rings. The molecular weight excluding hydrogens is 457 g/mol. The fraction of sp³-hybridized carbons (Fsp3) is 0.250. The molecule has 1 atom stereocenters. The van der Waals surface area contributed by atoms with Crippen molar-refractivity contribution in [3.63, 3.8) is 0 Å². The van der Waals surface area contributed by atoms with Crippen LogP contribution in [0.3, 0.4) is 0 Å². The lowest BCUT2D eigenvalue weighted by Crippen LogP contribution is -2.10. The van der Waals surface area contributed by atoms with Crippen molar-refractivity contribution < 1.29 is 32.5 Å². The summed E-state index contributed by atoms with van der Waals surface area (Å²) in [6.45, 7) is 0.449. The molecule has 0 amide bonds. The molecule has 35 heavy (non-hydrogen) atoms. The Morgan fingerprint density at radius 1 is 0.886 bits per heavy atom. The number of hydrogen-bond donors (Lipinski definition) is 1. The summed E-state index contributed by atoms with van der Waals surface area (Å²) in [6.07, 6.45) is -2.16. The summed E-state index contributed by atoms with van der Waals surface area (Å²) in [5, 5.41) is 8.77. The first kappa shape index (κ1) is 26.0. The van der Waals surface area contributed by atoms with E-state index in [9.17, 15) is 18.0 Å². The Labute approximate surface area is 202 Å². The number of carboxylic acid groups (broad SMARTS) is 1. The van der Waals surface area contributed by atoms with E-state index in [2.05, 4.69) is 0 Å². The van der Waals surface area contributed by atoms with Gasteiger partial charge in [-0.05, 0) is 53.3 Å². The van der Waals surface area contributed by atoms with Gasteiger partial charge in [0.1, 0.15) is 11.9 Å². The highest BCUT2D eigenvalue weighted by Gasteiger charge is 2.25. The topological polar surface area (TPSA) is 55.8 Å². The summed E-state index contributed by atoms with van der Waals surface area (Å²) in [5.74, 6) is -0.367. The zero-order valence-corrected chi connectivity index (χ0v) is 19.1.